The summed E-state index contributed by atoms with van der Waals surface area (Å²) in [6, 6.07) is 8.47. The molecule has 100 valence electrons. The molecule has 2 heteroatoms. The van der Waals surface area contributed by atoms with E-state index in [1.54, 1.807) is 0 Å². The van der Waals surface area contributed by atoms with Crippen molar-refractivity contribution in [2.24, 2.45) is 0 Å². The van der Waals surface area contributed by atoms with Gasteiger partial charge in [-0.05, 0) is 43.5 Å². The molecular formula is C16H25NO. The van der Waals surface area contributed by atoms with Gasteiger partial charge in [-0.1, -0.05) is 44.0 Å². The quantitative estimate of drug-likeness (QED) is 0.864. The summed E-state index contributed by atoms with van der Waals surface area (Å²) >= 11 is 0. The number of aliphatic hydroxyl groups is 1. The van der Waals surface area contributed by atoms with Crippen molar-refractivity contribution in [3.05, 3.63) is 35.4 Å². The fraction of sp³-hybridized carbons (Fsp3) is 0.625. The van der Waals surface area contributed by atoms with E-state index in [-0.39, 0.29) is 6.10 Å². The molecule has 1 unspecified atom stereocenters. The first-order chi connectivity index (χ1) is 8.79. The van der Waals surface area contributed by atoms with Gasteiger partial charge in [0, 0.05) is 6.54 Å². The third-order valence-electron chi connectivity index (χ3n) is 3.78. The number of benzene rings is 1. The highest BCUT2D eigenvalue weighted by atomic mass is 16.3. The van der Waals surface area contributed by atoms with Crippen LogP contribution in [0.5, 0.6) is 0 Å². The van der Waals surface area contributed by atoms with Gasteiger partial charge in [0.15, 0.2) is 0 Å². The number of β-amino-alcohol motifs (C(OH)–C–C–N with tert-alkyl or cyclic N) is 1. The largest absolute Gasteiger partial charge is 0.387 e. The minimum absolute atomic E-state index is 0.334. The first kappa shape index (κ1) is 13.6. The van der Waals surface area contributed by atoms with Crippen LogP contribution in [0.1, 0.15) is 49.8 Å². The molecule has 1 fully saturated rings. The van der Waals surface area contributed by atoms with Gasteiger partial charge in [0.2, 0.25) is 0 Å². The molecule has 1 N–H and O–H groups in total. The van der Waals surface area contributed by atoms with E-state index >= 15 is 0 Å². The second-order valence-electron chi connectivity index (χ2n) is 5.37. The Hall–Kier alpha value is -0.860. The zero-order valence-electron chi connectivity index (χ0n) is 11.4. The Bertz CT molecular complexity index is 341. The van der Waals surface area contributed by atoms with E-state index in [1.807, 2.05) is 0 Å². The lowest BCUT2D eigenvalue weighted by Gasteiger charge is -2.28. The normalized spacial score (nSPS) is 18.8. The maximum absolute atomic E-state index is 10.3. The molecule has 0 aliphatic carbocycles. The van der Waals surface area contributed by atoms with Crippen molar-refractivity contribution in [2.45, 2.75) is 45.1 Å². The molecule has 1 aliphatic heterocycles. The van der Waals surface area contributed by atoms with Crippen LogP contribution in [0.4, 0.5) is 0 Å². The lowest BCUT2D eigenvalue weighted by molar-refractivity contribution is 0.101. The first-order valence-electron chi connectivity index (χ1n) is 7.29. The van der Waals surface area contributed by atoms with Gasteiger partial charge in [-0.25, -0.2) is 0 Å². The molecule has 0 spiro atoms. The van der Waals surface area contributed by atoms with Crippen LogP contribution >= 0.6 is 0 Å². The molecule has 0 saturated carbocycles. The Morgan fingerprint density at radius 1 is 1.11 bits per heavy atom. The topological polar surface area (TPSA) is 23.5 Å². The zero-order chi connectivity index (χ0) is 12.8. The number of piperidine rings is 1. The molecule has 1 aromatic rings. The monoisotopic (exact) mass is 247 g/mol. The van der Waals surface area contributed by atoms with Crippen molar-refractivity contribution in [2.75, 3.05) is 19.6 Å². The van der Waals surface area contributed by atoms with E-state index in [2.05, 4.69) is 36.1 Å². The van der Waals surface area contributed by atoms with E-state index in [4.69, 9.17) is 0 Å². The van der Waals surface area contributed by atoms with Crippen molar-refractivity contribution >= 4 is 0 Å². The summed E-state index contributed by atoms with van der Waals surface area (Å²) in [7, 11) is 0. The van der Waals surface area contributed by atoms with Crippen LogP contribution in [0, 0.1) is 0 Å². The van der Waals surface area contributed by atoms with Gasteiger partial charge in [-0.15, -0.1) is 0 Å². The van der Waals surface area contributed by atoms with E-state index in [9.17, 15) is 5.11 Å². The van der Waals surface area contributed by atoms with Crippen LogP contribution in [0.2, 0.25) is 0 Å². The molecule has 18 heavy (non-hydrogen) atoms. The Morgan fingerprint density at radius 2 is 1.78 bits per heavy atom. The Kier molecular flexibility index (Phi) is 5.21. The van der Waals surface area contributed by atoms with Gasteiger partial charge in [0.05, 0.1) is 6.10 Å². The van der Waals surface area contributed by atoms with Crippen LogP contribution < -0.4 is 0 Å². The lowest BCUT2D eigenvalue weighted by atomic mass is 10.0. The molecule has 1 saturated heterocycles. The second-order valence-corrected chi connectivity index (χ2v) is 5.37. The molecule has 0 radical (unpaired) electrons. The van der Waals surface area contributed by atoms with Gasteiger partial charge in [0.1, 0.15) is 0 Å². The smallest absolute Gasteiger partial charge is 0.0916 e. The molecule has 0 amide bonds. The van der Waals surface area contributed by atoms with Crippen molar-refractivity contribution in [3.63, 3.8) is 0 Å². The van der Waals surface area contributed by atoms with Gasteiger partial charge in [0.25, 0.3) is 0 Å². The highest BCUT2D eigenvalue weighted by molar-refractivity contribution is 5.24. The SMILES string of the molecule is CCCc1ccc(C(O)CN2CCCCC2)cc1. The zero-order valence-corrected chi connectivity index (χ0v) is 11.4. The first-order valence-corrected chi connectivity index (χ1v) is 7.29. The number of rotatable bonds is 5. The highest BCUT2D eigenvalue weighted by Gasteiger charge is 2.15. The number of aliphatic hydroxyl groups excluding tert-OH is 1. The van der Waals surface area contributed by atoms with Gasteiger partial charge >= 0.3 is 0 Å². The number of likely N-dealkylation sites (tertiary alicyclic amines) is 1. The molecule has 2 nitrogen and oxygen atoms in total. The molecule has 1 heterocycles. The van der Waals surface area contributed by atoms with Crippen LogP contribution in [-0.2, 0) is 6.42 Å². The number of nitrogens with zero attached hydrogens (tertiary/aromatic N) is 1. The summed E-state index contributed by atoms with van der Waals surface area (Å²) < 4.78 is 0. The minimum Gasteiger partial charge on any atom is -0.387 e. The van der Waals surface area contributed by atoms with Crippen LogP contribution in [0.15, 0.2) is 24.3 Å². The molecule has 1 atom stereocenters. The average Bonchev–Trinajstić information content (AvgIpc) is 2.41. The Labute approximate surface area is 111 Å². The summed E-state index contributed by atoms with van der Waals surface area (Å²) in [5.74, 6) is 0. The third kappa shape index (κ3) is 3.82. The van der Waals surface area contributed by atoms with E-state index in [0.717, 1.165) is 31.6 Å². The van der Waals surface area contributed by atoms with Crippen molar-refractivity contribution < 1.29 is 5.11 Å². The van der Waals surface area contributed by atoms with Crippen LogP contribution in [0.25, 0.3) is 0 Å². The maximum Gasteiger partial charge on any atom is 0.0916 e. The third-order valence-corrected chi connectivity index (χ3v) is 3.78. The summed E-state index contributed by atoms with van der Waals surface area (Å²) in [5.41, 5.74) is 2.42. The van der Waals surface area contributed by atoms with Crippen molar-refractivity contribution in [3.8, 4) is 0 Å². The van der Waals surface area contributed by atoms with E-state index in [0.29, 0.717) is 0 Å². The number of aryl methyl sites for hydroxylation is 1. The lowest BCUT2D eigenvalue weighted by Crippen LogP contribution is -2.33. The highest BCUT2D eigenvalue weighted by Crippen LogP contribution is 2.18. The summed E-state index contributed by atoms with van der Waals surface area (Å²) in [5, 5.41) is 10.3. The minimum atomic E-state index is -0.334. The van der Waals surface area contributed by atoms with Crippen LogP contribution in [0.3, 0.4) is 0 Å². The predicted molar refractivity (Wildman–Crippen MR) is 75.7 cm³/mol. The molecule has 2 rings (SSSR count). The van der Waals surface area contributed by atoms with Crippen LogP contribution in [-0.4, -0.2) is 29.6 Å². The molecule has 0 aromatic heterocycles. The van der Waals surface area contributed by atoms with E-state index in [1.165, 1.54) is 31.2 Å². The summed E-state index contributed by atoms with van der Waals surface area (Å²) in [6.07, 6.45) is 5.87. The van der Waals surface area contributed by atoms with Crippen molar-refractivity contribution in [1.29, 1.82) is 0 Å². The molecule has 1 aromatic carbocycles. The molecule has 1 aliphatic rings. The van der Waals surface area contributed by atoms with Crippen molar-refractivity contribution in [1.82, 2.24) is 4.90 Å². The number of hydrogen-bond donors (Lipinski definition) is 1. The molecular weight excluding hydrogens is 222 g/mol. The Morgan fingerprint density at radius 3 is 2.39 bits per heavy atom. The average molecular weight is 247 g/mol. The number of hydrogen-bond acceptors (Lipinski definition) is 2. The fourth-order valence-corrected chi connectivity index (χ4v) is 2.69. The standard InChI is InChI=1S/C16H25NO/c1-2-6-14-7-9-15(10-8-14)16(18)13-17-11-4-3-5-12-17/h7-10,16,18H,2-6,11-13H2,1H3. The van der Waals surface area contributed by atoms with Gasteiger partial charge < -0.3 is 10.0 Å². The Balaban J connectivity index is 1.89. The molecule has 0 bridgehead atoms. The maximum atomic E-state index is 10.3. The fourth-order valence-electron chi connectivity index (χ4n) is 2.69. The second kappa shape index (κ2) is 6.91. The van der Waals surface area contributed by atoms with E-state index < -0.39 is 0 Å². The van der Waals surface area contributed by atoms with Gasteiger partial charge in [-0.2, -0.15) is 0 Å². The summed E-state index contributed by atoms with van der Waals surface area (Å²) in [4.78, 5) is 2.38. The van der Waals surface area contributed by atoms with Gasteiger partial charge in [-0.3, -0.25) is 0 Å². The predicted octanol–water partition coefficient (Wildman–Crippen LogP) is 3.16. The summed E-state index contributed by atoms with van der Waals surface area (Å²) in [6.45, 7) is 5.27.